The van der Waals surface area contributed by atoms with Gasteiger partial charge in [-0.1, -0.05) is 26.7 Å². The molecule has 3 heteroatoms. The fourth-order valence-corrected chi connectivity index (χ4v) is 5.17. The molecule has 0 aromatic heterocycles. The maximum Gasteiger partial charge on any atom is 0.194 e. The maximum atomic E-state index is 13.4. The zero-order valence-corrected chi connectivity index (χ0v) is 15.5. The molecule has 0 radical (unpaired) electrons. The number of hydrogen-bond donors (Lipinski definition) is 0. The molecule has 0 aliphatic heterocycles. The van der Waals surface area contributed by atoms with Gasteiger partial charge in [0.05, 0.1) is 0 Å². The highest BCUT2D eigenvalue weighted by atomic mass is 19.2. The van der Waals surface area contributed by atoms with E-state index >= 15 is 0 Å². The Morgan fingerprint density at radius 1 is 0.840 bits per heavy atom. The summed E-state index contributed by atoms with van der Waals surface area (Å²) in [5.74, 6) is 0.370. The van der Waals surface area contributed by atoms with Gasteiger partial charge in [0.25, 0.3) is 0 Å². The second kappa shape index (κ2) is 8.14. The lowest BCUT2D eigenvalue weighted by Crippen LogP contribution is -2.28. The van der Waals surface area contributed by atoms with Crippen LogP contribution >= 0.6 is 0 Å². The first-order valence-corrected chi connectivity index (χ1v) is 10.1. The summed E-state index contributed by atoms with van der Waals surface area (Å²) in [7, 11) is 0. The van der Waals surface area contributed by atoms with Gasteiger partial charge in [0, 0.05) is 0 Å². The molecule has 1 unspecified atom stereocenters. The third-order valence-corrected chi connectivity index (χ3v) is 7.01. The van der Waals surface area contributed by atoms with Gasteiger partial charge in [-0.3, -0.25) is 0 Å². The van der Waals surface area contributed by atoms with Crippen molar-refractivity contribution >= 4 is 0 Å². The lowest BCUT2D eigenvalue weighted by Gasteiger charge is -2.38. The Morgan fingerprint density at radius 3 is 1.84 bits per heavy atom. The zero-order valence-electron chi connectivity index (χ0n) is 15.5. The predicted octanol–water partition coefficient (Wildman–Crippen LogP) is 6.92. The molecule has 0 saturated heterocycles. The minimum absolute atomic E-state index is 0.471. The molecule has 1 aromatic carbocycles. The molecule has 0 amide bonds. The Kier molecular flexibility index (Phi) is 6.12. The van der Waals surface area contributed by atoms with Crippen LogP contribution in [0.4, 0.5) is 13.2 Å². The van der Waals surface area contributed by atoms with Crippen molar-refractivity contribution in [2.45, 2.75) is 71.6 Å². The third-order valence-electron chi connectivity index (χ3n) is 7.01. The Morgan fingerprint density at radius 2 is 1.32 bits per heavy atom. The number of rotatable bonds is 4. The minimum atomic E-state index is -1.36. The van der Waals surface area contributed by atoms with E-state index in [-0.39, 0.29) is 0 Å². The highest BCUT2D eigenvalue weighted by Gasteiger charge is 2.31. The van der Waals surface area contributed by atoms with Gasteiger partial charge in [0.15, 0.2) is 17.5 Å². The molecule has 25 heavy (non-hydrogen) atoms. The van der Waals surface area contributed by atoms with E-state index in [2.05, 4.69) is 13.8 Å². The molecule has 0 nitrogen and oxygen atoms in total. The smallest absolute Gasteiger partial charge is 0.194 e. The van der Waals surface area contributed by atoms with Crippen LogP contribution in [0.25, 0.3) is 0 Å². The topological polar surface area (TPSA) is 0 Å². The van der Waals surface area contributed by atoms with Crippen molar-refractivity contribution in [1.82, 2.24) is 0 Å². The van der Waals surface area contributed by atoms with Crippen molar-refractivity contribution in [3.8, 4) is 0 Å². The summed E-state index contributed by atoms with van der Waals surface area (Å²) in [6, 6.07) is 2.33. The van der Waals surface area contributed by atoms with E-state index in [1.807, 2.05) is 0 Å². The van der Waals surface area contributed by atoms with Gasteiger partial charge < -0.3 is 0 Å². The van der Waals surface area contributed by atoms with Crippen molar-refractivity contribution in [3.63, 3.8) is 0 Å². The summed E-state index contributed by atoms with van der Waals surface area (Å²) in [5, 5.41) is 0. The lowest BCUT2D eigenvalue weighted by molar-refractivity contribution is 0.127. The largest absolute Gasteiger partial charge is 0.204 e. The summed E-state index contributed by atoms with van der Waals surface area (Å²) >= 11 is 0. The van der Waals surface area contributed by atoms with Crippen molar-refractivity contribution in [1.29, 1.82) is 0 Å². The first-order valence-electron chi connectivity index (χ1n) is 10.1. The molecule has 0 bridgehead atoms. The Hall–Kier alpha value is -0.990. The van der Waals surface area contributed by atoms with Gasteiger partial charge in [0.1, 0.15) is 0 Å². The van der Waals surface area contributed by atoms with Gasteiger partial charge in [-0.25, -0.2) is 13.2 Å². The molecule has 2 aliphatic carbocycles. The van der Waals surface area contributed by atoms with Crippen molar-refractivity contribution < 1.29 is 13.2 Å². The van der Waals surface area contributed by atoms with Crippen LogP contribution in [-0.2, 0) is 6.42 Å². The standard InChI is InChI=1S/C22H31F3/c1-14-3-7-18(8-4-14)15(2)19-9-5-16(6-10-19)11-17-12-20(23)22(25)21(24)13-17/h12-16,18-19H,3-11H2,1-2H3. The van der Waals surface area contributed by atoms with Crippen LogP contribution in [0.3, 0.4) is 0 Å². The molecule has 0 heterocycles. The van der Waals surface area contributed by atoms with Crippen LogP contribution in [0, 0.1) is 47.0 Å². The Labute approximate surface area is 150 Å². The highest BCUT2D eigenvalue weighted by molar-refractivity contribution is 5.20. The van der Waals surface area contributed by atoms with E-state index in [4.69, 9.17) is 0 Å². The first kappa shape index (κ1) is 18.8. The fourth-order valence-electron chi connectivity index (χ4n) is 5.17. The zero-order chi connectivity index (χ0) is 18.0. The van der Waals surface area contributed by atoms with Crippen molar-refractivity contribution in [2.75, 3.05) is 0 Å². The summed E-state index contributed by atoms with van der Waals surface area (Å²) in [6.45, 7) is 4.81. The normalized spacial score (nSPS) is 31.7. The lowest BCUT2D eigenvalue weighted by atomic mass is 9.67. The predicted molar refractivity (Wildman–Crippen MR) is 95.8 cm³/mol. The first-order chi connectivity index (χ1) is 11.9. The SMILES string of the molecule is CC1CCC(C(C)C2CCC(Cc3cc(F)c(F)c(F)c3)CC2)CC1. The highest BCUT2D eigenvalue weighted by Crippen LogP contribution is 2.42. The molecule has 0 spiro atoms. The maximum absolute atomic E-state index is 13.4. The van der Waals surface area contributed by atoms with Crippen molar-refractivity contribution in [3.05, 3.63) is 35.1 Å². The van der Waals surface area contributed by atoms with Crippen LogP contribution in [-0.4, -0.2) is 0 Å². The van der Waals surface area contributed by atoms with Crippen LogP contribution in [0.15, 0.2) is 12.1 Å². The summed E-state index contributed by atoms with van der Waals surface area (Å²) in [5.41, 5.74) is 0.592. The number of halogens is 3. The molecular weight excluding hydrogens is 321 g/mol. The van der Waals surface area contributed by atoms with Crippen LogP contribution in [0.5, 0.6) is 0 Å². The number of hydrogen-bond acceptors (Lipinski definition) is 0. The molecule has 2 saturated carbocycles. The molecular formula is C22H31F3. The van der Waals surface area contributed by atoms with Gasteiger partial charge in [-0.05, 0) is 92.2 Å². The Bertz CT molecular complexity index is 544. The van der Waals surface area contributed by atoms with Crippen molar-refractivity contribution in [2.24, 2.45) is 29.6 Å². The fraction of sp³-hybridized carbons (Fsp3) is 0.727. The molecule has 1 aromatic rings. The van der Waals surface area contributed by atoms with E-state index in [0.717, 1.165) is 48.6 Å². The minimum Gasteiger partial charge on any atom is -0.204 e. The average Bonchev–Trinajstić information content (AvgIpc) is 2.60. The third kappa shape index (κ3) is 4.60. The van der Waals surface area contributed by atoms with Crippen LogP contribution < -0.4 is 0 Å². The second-order valence-corrected chi connectivity index (χ2v) is 8.74. The van der Waals surface area contributed by atoms with Gasteiger partial charge in [-0.15, -0.1) is 0 Å². The molecule has 140 valence electrons. The molecule has 2 fully saturated rings. The molecule has 0 N–H and O–H groups in total. The van der Waals surface area contributed by atoms with Gasteiger partial charge >= 0.3 is 0 Å². The molecule has 3 rings (SSSR count). The van der Waals surface area contributed by atoms with E-state index in [9.17, 15) is 13.2 Å². The summed E-state index contributed by atoms with van der Waals surface area (Å²) in [4.78, 5) is 0. The number of benzene rings is 1. The Balaban J connectivity index is 1.50. The molecule has 2 aliphatic rings. The van der Waals surface area contributed by atoms with E-state index in [1.165, 1.54) is 38.5 Å². The van der Waals surface area contributed by atoms with E-state index < -0.39 is 17.5 Å². The van der Waals surface area contributed by atoms with Gasteiger partial charge in [-0.2, -0.15) is 0 Å². The van der Waals surface area contributed by atoms with E-state index in [0.29, 0.717) is 17.9 Å². The summed E-state index contributed by atoms with van der Waals surface area (Å²) in [6.07, 6.45) is 10.9. The van der Waals surface area contributed by atoms with Gasteiger partial charge in [0.2, 0.25) is 0 Å². The second-order valence-electron chi connectivity index (χ2n) is 8.74. The molecule has 1 atom stereocenters. The van der Waals surface area contributed by atoms with Crippen LogP contribution in [0.1, 0.15) is 70.8 Å². The van der Waals surface area contributed by atoms with Crippen LogP contribution in [0.2, 0.25) is 0 Å². The summed E-state index contributed by atoms with van der Waals surface area (Å²) < 4.78 is 39.8. The van der Waals surface area contributed by atoms with E-state index in [1.54, 1.807) is 0 Å². The quantitative estimate of drug-likeness (QED) is 0.516. The monoisotopic (exact) mass is 352 g/mol. The average molecular weight is 352 g/mol.